The Morgan fingerprint density at radius 1 is 0.969 bits per heavy atom. The largest absolute Gasteiger partial charge is 0.369 e. The van der Waals surface area contributed by atoms with Crippen LogP contribution in [0.2, 0.25) is 0 Å². The van der Waals surface area contributed by atoms with Gasteiger partial charge in [0.05, 0.1) is 18.0 Å². The van der Waals surface area contributed by atoms with Crippen LogP contribution in [-0.2, 0) is 22.4 Å². The van der Waals surface area contributed by atoms with Gasteiger partial charge in [-0.1, -0.05) is 66.7 Å². The molecule has 1 aliphatic heterocycles. The van der Waals surface area contributed by atoms with Crippen LogP contribution in [0.3, 0.4) is 0 Å². The molecule has 0 aliphatic carbocycles. The van der Waals surface area contributed by atoms with Crippen molar-refractivity contribution < 1.29 is 9.59 Å². The SMILES string of the molecule is NC(=O)CSc1ccccc1NC(=O)CN1CCc2ccccc2[C@H]1Cc1ccccc1. The summed E-state index contributed by atoms with van der Waals surface area (Å²) in [5.74, 6) is -0.268. The normalized spacial score (nSPS) is 15.7. The first-order chi connectivity index (χ1) is 15.6. The van der Waals surface area contributed by atoms with Crippen LogP contribution < -0.4 is 11.1 Å². The van der Waals surface area contributed by atoms with Crippen LogP contribution in [0.4, 0.5) is 5.69 Å². The molecule has 0 saturated carbocycles. The number of rotatable bonds is 8. The molecule has 0 radical (unpaired) electrons. The smallest absolute Gasteiger partial charge is 0.238 e. The Bertz CT molecular complexity index is 1090. The summed E-state index contributed by atoms with van der Waals surface area (Å²) < 4.78 is 0. The van der Waals surface area contributed by atoms with Crippen LogP contribution in [0.5, 0.6) is 0 Å². The van der Waals surface area contributed by atoms with Crippen LogP contribution in [0, 0.1) is 0 Å². The van der Waals surface area contributed by atoms with E-state index in [9.17, 15) is 9.59 Å². The van der Waals surface area contributed by atoms with E-state index >= 15 is 0 Å². The predicted octanol–water partition coefficient (Wildman–Crippen LogP) is 4.04. The summed E-state index contributed by atoms with van der Waals surface area (Å²) >= 11 is 1.33. The predicted molar refractivity (Wildman–Crippen MR) is 130 cm³/mol. The molecule has 1 aliphatic rings. The second-order valence-corrected chi connectivity index (χ2v) is 8.94. The molecular weight excluding hydrogens is 418 g/mol. The average Bonchev–Trinajstić information content (AvgIpc) is 2.80. The van der Waals surface area contributed by atoms with Gasteiger partial charge in [-0.05, 0) is 41.7 Å². The first-order valence-electron chi connectivity index (χ1n) is 10.8. The summed E-state index contributed by atoms with van der Waals surface area (Å²) in [5, 5.41) is 3.04. The maximum atomic E-state index is 13.0. The molecule has 4 rings (SSSR count). The highest BCUT2D eigenvalue weighted by atomic mass is 32.2. The van der Waals surface area contributed by atoms with Gasteiger partial charge in [0.2, 0.25) is 11.8 Å². The van der Waals surface area contributed by atoms with Crippen LogP contribution >= 0.6 is 11.8 Å². The number of thioether (sulfide) groups is 1. The molecule has 1 atom stereocenters. The molecule has 32 heavy (non-hydrogen) atoms. The van der Waals surface area contributed by atoms with Crippen molar-refractivity contribution in [2.45, 2.75) is 23.8 Å². The number of amides is 2. The monoisotopic (exact) mass is 445 g/mol. The lowest BCUT2D eigenvalue weighted by molar-refractivity contribution is -0.118. The fourth-order valence-corrected chi connectivity index (χ4v) is 4.94. The van der Waals surface area contributed by atoms with Gasteiger partial charge in [-0.15, -0.1) is 11.8 Å². The number of nitrogens with one attached hydrogen (secondary N) is 1. The molecule has 2 amide bonds. The average molecular weight is 446 g/mol. The minimum Gasteiger partial charge on any atom is -0.369 e. The standard InChI is InChI=1S/C26H27N3O2S/c27-25(30)18-32-24-13-7-6-12-22(24)28-26(31)17-29-15-14-20-10-4-5-11-21(20)23(29)16-19-8-2-1-3-9-19/h1-13,23H,14-18H2,(H2,27,30)(H,28,31)/t23-/m1/s1. The van der Waals surface area contributed by atoms with E-state index in [1.807, 2.05) is 30.3 Å². The summed E-state index contributed by atoms with van der Waals surface area (Å²) in [7, 11) is 0. The lowest BCUT2D eigenvalue weighted by Gasteiger charge is -2.37. The lowest BCUT2D eigenvalue weighted by atomic mass is 9.88. The van der Waals surface area contributed by atoms with Crippen molar-refractivity contribution in [1.29, 1.82) is 0 Å². The summed E-state index contributed by atoms with van der Waals surface area (Å²) in [4.78, 5) is 27.3. The van der Waals surface area contributed by atoms with Gasteiger partial charge in [0.25, 0.3) is 0 Å². The Morgan fingerprint density at radius 2 is 1.69 bits per heavy atom. The number of hydrogen-bond donors (Lipinski definition) is 2. The molecule has 0 fully saturated rings. The highest BCUT2D eigenvalue weighted by molar-refractivity contribution is 8.00. The van der Waals surface area contributed by atoms with Crippen molar-refractivity contribution in [2.24, 2.45) is 5.73 Å². The Hall–Kier alpha value is -3.09. The number of fused-ring (bicyclic) bond motifs is 1. The van der Waals surface area contributed by atoms with E-state index in [-0.39, 0.29) is 23.6 Å². The number of para-hydroxylation sites is 1. The quantitative estimate of drug-likeness (QED) is 0.513. The number of nitrogens with two attached hydrogens (primary N) is 1. The molecular formula is C26H27N3O2S. The van der Waals surface area contributed by atoms with E-state index in [4.69, 9.17) is 5.73 Å². The first kappa shape index (κ1) is 22.1. The molecule has 3 aromatic carbocycles. The lowest BCUT2D eigenvalue weighted by Crippen LogP contribution is -2.41. The van der Waals surface area contributed by atoms with Crippen LogP contribution in [0.1, 0.15) is 22.7 Å². The Kier molecular flexibility index (Phi) is 7.24. The molecule has 0 unspecified atom stereocenters. The molecule has 6 heteroatoms. The van der Waals surface area contributed by atoms with E-state index in [1.54, 1.807) is 0 Å². The number of hydrogen-bond acceptors (Lipinski definition) is 4. The minimum atomic E-state index is -0.383. The van der Waals surface area contributed by atoms with E-state index in [0.717, 1.165) is 24.3 Å². The van der Waals surface area contributed by atoms with Crippen molar-refractivity contribution in [1.82, 2.24) is 4.90 Å². The van der Waals surface area contributed by atoms with E-state index < -0.39 is 0 Å². The number of carbonyl (C=O) groups is 2. The minimum absolute atomic E-state index is 0.0606. The first-order valence-corrected chi connectivity index (χ1v) is 11.7. The van der Waals surface area contributed by atoms with Crippen molar-refractivity contribution in [3.05, 3.63) is 95.6 Å². The van der Waals surface area contributed by atoms with Crippen molar-refractivity contribution in [3.8, 4) is 0 Å². The molecule has 1 heterocycles. The zero-order valence-electron chi connectivity index (χ0n) is 17.9. The van der Waals surface area contributed by atoms with Crippen LogP contribution in [-0.4, -0.2) is 35.6 Å². The zero-order valence-corrected chi connectivity index (χ0v) is 18.7. The van der Waals surface area contributed by atoms with Gasteiger partial charge < -0.3 is 11.1 Å². The van der Waals surface area contributed by atoms with Crippen LogP contribution in [0.15, 0.2) is 83.8 Å². The molecule has 0 saturated heterocycles. The number of primary amides is 1. The van der Waals surface area contributed by atoms with Gasteiger partial charge in [-0.3, -0.25) is 14.5 Å². The van der Waals surface area contributed by atoms with Gasteiger partial charge >= 0.3 is 0 Å². The molecule has 0 aromatic heterocycles. The summed E-state index contributed by atoms with van der Waals surface area (Å²) in [6, 6.07) is 26.6. The van der Waals surface area contributed by atoms with E-state index in [2.05, 4.69) is 58.7 Å². The third-order valence-corrected chi connectivity index (χ3v) is 6.77. The Morgan fingerprint density at radius 3 is 2.50 bits per heavy atom. The third kappa shape index (κ3) is 5.58. The Labute approximate surface area is 193 Å². The van der Waals surface area contributed by atoms with Crippen molar-refractivity contribution >= 4 is 29.3 Å². The fraction of sp³-hybridized carbons (Fsp3) is 0.231. The number of carbonyl (C=O) groups excluding carboxylic acids is 2. The third-order valence-electron chi connectivity index (χ3n) is 5.67. The summed E-state index contributed by atoms with van der Waals surface area (Å²) in [5.41, 5.74) is 9.90. The van der Waals surface area contributed by atoms with E-state index in [0.29, 0.717) is 12.2 Å². The van der Waals surface area contributed by atoms with Crippen molar-refractivity contribution in [2.75, 3.05) is 24.2 Å². The van der Waals surface area contributed by atoms with Crippen LogP contribution in [0.25, 0.3) is 0 Å². The highest BCUT2D eigenvalue weighted by Crippen LogP contribution is 2.33. The highest BCUT2D eigenvalue weighted by Gasteiger charge is 2.28. The second kappa shape index (κ2) is 10.5. The zero-order chi connectivity index (χ0) is 22.3. The molecule has 3 aromatic rings. The topological polar surface area (TPSA) is 75.4 Å². The second-order valence-electron chi connectivity index (χ2n) is 7.92. The molecule has 0 bridgehead atoms. The number of benzene rings is 3. The van der Waals surface area contributed by atoms with Gasteiger partial charge in [0.1, 0.15) is 0 Å². The fourth-order valence-electron chi connectivity index (χ4n) is 4.19. The molecule has 3 N–H and O–H groups in total. The van der Waals surface area contributed by atoms with Gasteiger partial charge in [-0.2, -0.15) is 0 Å². The molecule has 5 nitrogen and oxygen atoms in total. The Balaban J connectivity index is 1.50. The maximum absolute atomic E-state index is 13.0. The van der Waals surface area contributed by atoms with Gasteiger partial charge in [0.15, 0.2) is 0 Å². The van der Waals surface area contributed by atoms with Crippen molar-refractivity contribution in [3.63, 3.8) is 0 Å². The van der Waals surface area contributed by atoms with E-state index in [1.165, 1.54) is 28.5 Å². The van der Waals surface area contributed by atoms with Gasteiger partial charge in [-0.25, -0.2) is 0 Å². The number of anilines is 1. The molecule has 164 valence electrons. The summed E-state index contributed by atoms with van der Waals surface area (Å²) in [6.07, 6.45) is 1.79. The van der Waals surface area contributed by atoms with Gasteiger partial charge in [0, 0.05) is 17.5 Å². The number of nitrogens with zero attached hydrogens (tertiary/aromatic N) is 1. The summed E-state index contributed by atoms with van der Waals surface area (Å²) in [6.45, 7) is 1.14. The maximum Gasteiger partial charge on any atom is 0.238 e. The molecule has 0 spiro atoms.